The largest absolute Gasteiger partial charge is 0.300 e. The molecular weight excluding hydrogens is 245 g/mol. The summed E-state index contributed by atoms with van der Waals surface area (Å²) in [4.78, 5) is 3.78. The van der Waals surface area contributed by atoms with Crippen molar-refractivity contribution in [3.8, 4) is 0 Å². The number of halogens is 2. The van der Waals surface area contributed by atoms with Crippen molar-refractivity contribution in [1.82, 2.24) is 0 Å². The zero-order valence-corrected chi connectivity index (χ0v) is 9.40. The standard InChI is InChI=1S/C8H9ClFNO3S/c1-15(12,13)8-6(9)2-5(4-14-11)3-7(8)10/h2-3H,4,11H2,1H3. The first-order valence-corrected chi connectivity index (χ1v) is 6.13. The van der Waals surface area contributed by atoms with Gasteiger partial charge in [-0.1, -0.05) is 11.6 Å². The van der Waals surface area contributed by atoms with Gasteiger partial charge in [-0.05, 0) is 17.7 Å². The maximum Gasteiger partial charge on any atom is 0.179 e. The number of nitrogens with two attached hydrogens (primary N) is 1. The summed E-state index contributed by atoms with van der Waals surface area (Å²) in [5, 5.41) is -0.176. The molecule has 0 aliphatic heterocycles. The van der Waals surface area contributed by atoms with Crippen molar-refractivity contribution in [2.75, 3.05) is 6.26 Å². The van der Waals surface area contributed by atoms with Crippen LogP contribution in [0.5, 0.6) is 0 Å². The first-order valence-electron chi connectivity index (χ1n) is 3.86. The highest BCUT2D eigenvalue weighted by Crippen LogP contribution is 2.26. The van der Waals surface area contributed by atoms with Gasteiger partial charge in [-0.25, -0.2) is 18.7 Å². The Bertz CT molecular complexity index is 452. The third-order valence-electron chi connectivity index (χ3n) is 1.68. The molecule has 2 N–H and O–H groups in total. The third kappa shape index (κ3) is 2.88. The van der Waals surface area contributed by atoms with Gasteiger partial charge >= 0.3 is 0 Å². The molecule has 0 radical (unpaired) electrons. The summed E-state index contributed by atoms with van der Waals surface area (Å²) in [6, 6.07) is 2.32. The molecule has 0 fully saturated rings. The van der Waals surface area contributed by atoms with E-state index in [1.54, 1.807) is 0 Å². The van der Waals surface area contributed by atoms with Crippen molar-refractivity contribution in [2.24, 2.45) is 5.90 Å². The van der Waals surface area contributed by atoms with Gasteiger partial charge in [-0.15, -0.1) is 0 Å². The fourth-order valence-corrected chi connectivity index (χ4v) is 2.62. The number of sulfone groups is 1. The summed E-state index contributed by atoms with van der Waals surface area (Å²) in [5.74, 6) is 3.90. The molecule has 15 heavy (non-hydrogen) atoms. The lowest BCUT2D eigenvalue weighted by molar-refractivity contribution is 0.124. The summed E-state index contributed by atoms with van der Waals surface area (Å²) in [6.07, 6.45) is 0.885. The molecule has 0 atom stereocenters. The number of benzene rings is 1. The van der Waals surface area contributed by atoms with Gasteiger partial charge in [0.2, 0.25) is 0 Å². The Morgan fingerprint density at radius 1 is 1.53 bits per heavy atom. The second kappa shape index (κ2) is 4.44. The molecule has 1 aromatic rings. The molecule has 7 heteroatoms. The Kier molecular flexibility index (Phi) is 3.67. The smallest absolute Gasteiger partial charge is 0.179 e. The van der Waals surface area contributed by atoms with Gasteiger partial charge in [-0.2, -0.15) is 0 Å². The average molecular weight is 254 g/mol. The molecule has 0 aliphatic carbocycles. The zero-order valence-electron chi connectivity index (χ0n) is 7.83. The van der Waals surface area contributed by atoms with Crippen molar-refractivity contribution in [3.05, 3.63) is 28.5 Å². The lowest BCUT2D eigenvalue weighted by Crippen LogP contribution is -2.05. The second-order valence-corrected chi connectivity index (χ2v) is 5.33. The van der Waals surface area contributed by atoms with E-state index in [-0.39, 0.29) is 11.6 Å². The molecule has 4 nitrogen and oxygen atoms in total. The van der Waals surface area contributed by atoms with Crippen LogP contribution in [0.25, 0.3) is 0 Å². The van der Waals surface area contributed by atoms with Crippen LogP contribution in [0.2, 0.25) is 5.02 Å². The van der Waals surface area contributed by atoms with Crippen molar-refractivity contribution in [2.45, 2.75) is 11.5 Å². The van der Waals surface area contributed by atoms with Crippen molar-refractivity contribution in [1.29, 1.82) is 0 Å². The monoisotopic (exact) mass is 253 g/mol. The third-order valence-corrected chi connectivity index (χ3v) is 3.25. The quantitative estimate of drug-likeness (QED) is 0.824. The predicted molar refractivity (Wildman–Crippen MR) is 53.5 cm³/mol. The van der Waals surface area contributed by atoms with Crippen LogP contribution in [-0.2, 0) is 21.3 Å². The van der Waals surface area contributed by atoms with Gasteiger partial charge in [0.25, 0.3) is 0 Å². The average Bonchev–Trinajstić information content (AvgIpc) is 1.99. The molecule has 1 aromatic carbocycles. The van der Waals surface area contributed by atoms with E-state index in [2.05, 4.69) is 4.84 Å². The van der Waals surface area contributed by atoms with Crippen LogP contribution < -0.4 is 5.90 Å². The fourth-order valence-electron chi connectivity index (χ4n) is 1.15. The van der Waals surface area contributed by atoms with Crippen molar-refractivity contribution in [3.63, 3.8) is 0 Å². The zero-order chi connectivity index (χ0) is 11.6. The van der Waals surface area contributed by atoms with E-state index < -0.39 is 20.5 Å². The topological polar surface area (TPSA) is 69.4 Å². The lowest BCUT2D eigenvalue weighted by atomic mass is 10.2. The van der Waals surface area contributed by atoms with Gasteiger partial charge in [0.15, 0.2) is 9.84 Å². The first kappa shape index (κ1) is 12.4. The molecule has 0 bridgehead atoms. The van der Waals surface area contributed by atoms with Crippen LogP contribution in [0, 0.1) is 5.82 Å². The Morgan fingerprint density at radius 2 is 2.13 bits per heavy atom. The van der Waals surface area contributed by atoms with Gasteiger partial charge < -0.3 is 0 Å². The summed E-state index contributed by atoms with van der Waals surface area (Å²) >= 11 is 5.64. The van der Waals surface area contributed by atoms with E-state index in [9.17, 15) is 12.8 Å². The van der Waals surface area contributed by atoms with E-state index >= 15 is 0 Å². The van der Waals surface area contributed by atoms with Gasteiger partial charge in [0.1, 0.15) is 10.7 Å². The van der Waals surface area contributed by atoms with Crippen LogP contribution in [0.4, 0.5) is 4.39 Å². The number of hydrogen-bond acceptors (Lipinski definition) is 4. The second-order valence-electron chi connectivity index (χ2n) is 2.97. The highest BCUT2D eigenvalue weighted by molar-refractivity contribution is 7.90. The van der Waals surface area contributed by atoms with Gasteiger partial charge in [0.05, 0.1) is 11.6 Å². The predicted octanol–water partition coefficient (Wildman–Crippen LogP) is 1.27. The highest BCUT2D eigenvalue weighted by Gasteiger charge is 2.19. The summed E-state index contributed by atoms with van der Waals surface area (Å²) < 4.78 is 35.7. The lowest BCUT2D eigenvalue weighted by Gasteiger charge is -2.06. The molecule has 0 unspecified atom stereocenters. The summed E-state index contributed by atoms with van der Waals surface area (Å²) in [6.45, 7) is -0.0410. The van der Waals surface area contributed by atoms with Crippen molar-refractivity contribution < 1.29 is 17.6 Å². The fraction of sp³-hybridized carbons (Fsp3) is 0.250. The maximum atomic E-state index is 13.4. The molecule has 0 spiro atoms. The van der Waals surface area contributed by atoms with Gasteiger partial charge in [0, 0.05) is 6.26 Å². The van der Waals surface area contributed by atoms with Crippen LogP contribution in [0.1, 0.15) is 5.56 Å². The molecule has 0 saturated heterocycles. The normalized spacial score (nSPS) is 11.7. The Labute approximate surface area is 91.7 Å². The minimum absolute atomic E-state index is 0.0410. The van der Waals surface area contributed by atoms with Crippen LogP contribution in [0.3, 0.4) is 0 Å². The molecule has 84 valence electrons. The Hall–Kier alpha value is -0.690. The van der Waals surface area contributed by atoms with E-state index in [0.29, 0.717) is 5.56 Å². The number of hydrogen-bond donors (Lipinski definition) is 1. The Morgan fingerprint density at radius 3 is 2.53 bits per heavy atom. The van der Waals surface area contributed by atoms with E-state index in [1.807, 2.05) is 0 Å². The maximum absolute atomic E-state index is 13.4. The van der Waals surface area contributed by atoms with E-state index in [4.69, 9.17) is 17.5 Å². The number of rotatable bonds is 3. The first-order chi connectivity index (χ1) is 6.86. The van der Waals surface area contributed by atoms with Crippen LogP contribution in [-0.4, -0.2) is 14.7 Å². The molecule has 0 heterocycles. The van der Waals surface area contributed by atoms with E-state index in [1.165, 1.54) is 6.07 Å². The van der Waals surface area contributed by atoms with Gasteiger partial charge in [-0.3, -0.25) is 4.84 Å². The molecule has 0 aromatic heterocycles. The molecule has 0 saturated carbocycles. The SMILES string of the molecule is CS(=O)(=O)c1c(F)cc(CON)cc1Cl. The van der Waals surface area contributed by atoms with Crippen LogP contribution >= 0.6 is 11.6 Å². The molecule has 0 amide bonds. The summed E-state index contributed by atoms with van der Waals surface area (Å²) in [5.41, 5.74) is 0.368. The van der Waals surface area contributed by atoms with Crippen molar-refractivity contribution >= 4 is 21.4 Å². The molecule has 0 aliphatic rings. The minimum Gasteiger partial charge on any atom is -0.300 e. The summed E-state index contributed by atoms with van der Waals surface area (Å²) in [7, 11) is -3.67. The molecule has 1 rings (SSSR count). The highest BCUT2D eigenvalue weighted by atomic mass is 35.5. The van der Waals surface area contributed by atoms with E-state index in [0.717, 1.165) is 12.3 Å². The molecular formula is C8H9ClFNO3S. The minimum atomic E-state index is -3.67. The van der Waals surface area contributed by atoms with Crippen LogP contribution in [0.15, 0.2) is 17.0 Å². The Balaban J connectivity index is 3.34.